The standard InChI is InChI=1S/C16H16N2O3/c1-9-5-11(6-10(2)15(9)19)8-17-12-3-4-14-13(7-12)18-16(20)21-14/h3-7,17,19H,8H2,1-2H3,(H,18,20). The molecule has 3 aromatic rings. The van der Waals surface area contributed by atoms with E-state index < -0.39 is 5.76 Å². The third-order valence-corrected chi connectivity index (χ3v) is 3.47. The molecule has 1 aromatic heterocycles. The second kappa shape index (κ2) is 5.01. The highest BCUT2D eigenvalue weighted by Gasteiger charge is 2.05. The minimum absolute atomic E-state index is 0.344. The van der Waals surface area contributed by atoms with Gasteiger partial charge in [-0.25, -0.2) is 4.79 Å². The molecule has 0 saturated carbocycles. The van der Waals surface area contributed by atoms with E-state index in [0.717, 1.165) is 22.4 Å². The first kappa shape index (κ1) is 13.3. The molecule has 0 unspecified atom stereocenters. The van der Waals surface area contributed by atoms with E-state index in [1.165, 1.54) is 0 Å². The van der Waals surface area contributed by atoms with Gasteiger partial charge in [0.15, 0.2) is 5.58 Å². The normalized spacial score (nSPS) is 11.0. The van der Waals surface area contributed by atoms with Crippen LogP contribution in [0, 0.1) is 13.8 Å². The zero-order chi connectivity index (χ0) is 15.0. The number of benzene rings is 2. The van der Waals surface area contributed by atoms with E-state index in [9.17, 15) is 9.90 Å². The molecule has 3 N–H and O–H groups in total. The van der Waals surface area contributed by atoms with Gasteiger partial charge in [-0.05, 0) is 48.7 Å². The van der Waals surface area contributed by atoms with E-state index in [1.807, 2.05) is 38.1 Å². The van der Waals surface area contributed by atoms with Crippen LogP contribution in [-0.2, 0) is 6.54 Å². The van der Waals surface area contributed by atoms with Crippen molar-refractivity contribution in [3.05, 3.63) is 57.6 Å². The Bertz CT molecular complexity index is 838. The van der Waals surface area contributed by atoms with Crippen LogP contribution in [0.2, 0.25) is 0 Å². The molecule has 0 amide bonds. The van der Waals surface area contributed by atoms with E-state index >= 15 is 0 Å². The first-order valence-corrected chi connectivity index (χ1v) is 6.69. The highest BCUT2D eigenvalue weighted by Crippen LogP contribution is 2.24. The Balaban J connectivity index is 1.81. The number of hydrogen-bond donors (Lipinski definition) is 3. The smallest absolute Gasteiger partial charge is 0.417 e. The largest absolute Gasteiger partial charge is 0.507 e. The Labute approximate surface area is 121 Å². The lowest BCUT2D eigenvalue weighted by Crippen LogP contribution is -2.00. The summed E-state index contributed by atoms with van der Waals surface area (Å²) in [5.74, 6) is -0.108. The van der Waals surface area contributed by atoms with Crippen LogP contribution >= 0.6 is 0 Å². The summed E-state index contributed by atoms with van der Waals surface area (Å²) in [6.45, 7) is 4.40. The molecule has 21 heavy (non-hydrogen) atoms. The highest BCUT2D eigenvalue weighted by molar-refractivity contribution is 5.76. The molecule has 0 radical (unpaired) electrons. The molecule has 0 aliphatic heterocycles. The van der Waals surface area contributed by atoms with Gasteiger partial charge in [-0.1, -0.05) is 12.1 Å². The number of H-pyrrole nitrogens is 1. The van der Waals surface area contributed by atoms with Crippen molar-refractivity contribution in [1.29, 1.82) is 0 Å². The number of rotatable bonds is 3. The zero-order valence-corrected chi connectivity index (χ0v) is 11.9. The maximum Gasteiger partial charge on any atom is 0.417 e. The predicted molar refractivity (Wildman–Crippen MR) is 81.7 cm³/mol. The van der Waals surface area contributed by atoms with Crippen LogP contribution in [0.25, 0.3) is 11.1 Å². The van der Waals surface area contributed by atoms with Gasteiger partial charge in [-0.3, -0.25) is 4.98 Å². The number of aromatic nitrogens is 1. The summed E-state index contributed by atoms with van der Waals surface area (Å²) in [6, 6.07) is 9.35. The van der Waals surface area contributed by atoms with Crippen molar-refractivity contribution in [2.24, 2.45) is 0 Å². The number of phenols is 1. The monoisotopic (exact) mass is 284 g/mol. The maximum atomic E-state index is 11.1. The van der Waals surface area contributed by atoms with E-state index in [2.05, 4.69) is 10.3 Å². The van der Waals surface area contributed by atoms with Crippen LogP contribution in [0.1, 0.15) is 16.7 Å². The number of fused-ring (bicyclic) bond motifs is 1. The molecule has 108 valence electrons. The quantitative estimate of drug-likeness (QED) is 0.690. The number of aromatic amines is 1. The second-order valence-corrected chi connectivity index (χ2v) is 5.16. The Kier molecular flexibility index (Phi) is 3.17. The van der Waals surface area contributed by atoms with Gasteiger partial charge in [-0.2, -0.15) is 0 Å². The number of anilines is 1. The summed E-state index contributed by atoms with van der Waals surface area (Å²) < 4.78 is 4.96. The molecule has 0 fully saturated rings. The third-order valence-electron chi connectivity index (χ3n) is 3.47. The van der Waals surface area contributed by atoms with Crippen LogP contribution in [0.3, 0.4) is 0 Å². The lowest BCUT2D eigenvalue weighted by atomic mass is 10.1. The molecule has 5 nitrogen and oxygen atoms in total. The van der Waals surface area contributed by atoms with Gasteiger partial charge in [0.2, 0.25) is 0 Å². The zero-order valence-electron chi connectivity index (χ0n) is 11.9. The van der Waals surface area contributed by atoms with E-state index in [4.69, 9.17) is 4.42 Å². The summed E-state index contributed by atoms with van der Waals surface area (Å²) in [5, 5.41) is 13.1. The van der Waals surface area contributed by atoms with E-state index in [-0.39, 0.29) is 0 Å². The van der Waals surface area contributed by atoms with Gasteiger partial charge in [0, 0.05) is 12.2 Å². The molecule has 3 rings (SSSR count). The average Bonchev–Trinajstić information content (AvgIpc) is 2.81. The fraction of sp³-hybridized carbons (Fsp3) is 0.188. The van der Waals surface area contributed by atoms with Crippen molar-refractivity contribution >= 4 is 16.8 Å². The highest BCUT2D eigenvalue weighted by atomic mass is 16.4. The molecule has 0 bridgehead atoms. The molecule has 0 aliphatic rings. The number of aryl methyl sites for hydroxylation is 2. The summed E-state index contributed by atoms with van der Waals surface area (Å²) in [4.78, 5) is 13.7. The van der Waals surface area contributed by atoms with Crippen LogP contribution in [0.15, 0.2) is 39.5 Å². The first-order chi connectivity index (χ1) is 10.0. The number of oxazole rings is 1. The first-order valence-electron chi connectivity index (χ1n) is 6.69. The van der Waals surface area contributed by atoms with Crippen LogP contribution in [0.4, 0.5) is 5.69 Å². The average molecular weight is 284 g/mol. The minimum atomic E-state index is -0.452. The molecular weight excluding hydrogens is 268 g/mol. The van der Waals surface area contributed by atoms with Crippen molar-refractivity contribution in [3.8, 4) is 5.75 Å². The van der Waals surface area contributed by atoms with Gasteiger partial charge in [-0.15, -0.1) is 0 Å². The van der Waals surface area contributed by atoms with Crippen molar-refractivity contribution in [2.75, 3.05) is 5.32 Å². The molecular formula is C16H16N2O3. The minimum Gasteiger partial charge on any atom is -0.507 e. The topological polar surface area (TPSA) is 78.3 Å². The molecule has 0 aliphatic carbocycles. The van der Waals surface area contributed by atoms with Gasteiger partial charge in [0.1, 0.15) is 5.75 Å². The van der Waals surface area contributed by atoms with Crippen LogP contribution in [-0.4, -0.2) is 10.1 Å². The summed E-state index contributed by atoms with van der Waals surface area (Å²) in [5.41, 5.74) is 4.92. The van der Waals surface area contributed by atoms with Gasteiger partial charge in [0.05, 0.1) is 5.52 Å². The van der Waals surface area contributed by atoms with Crippen LogP contribution < -0.4 is 11.1 Å². The van der Waals surface area contributed by atoms with Crippen LogP contribution in [0.5, 0.6) is 5.75 Å². The van der Waals surface area contributed by atoms with Gasteiger partial charge >= 0.3 is 5.76 Å². The van der Waals surface area contributed by atoms with Gasteiger partial charge in [0.25, 0.3) is 0 Å². The number of hydrogen-bond acceptors (Lipinski definition) is 4. The molecule has 2 aromatic carbocycles. The van der Waals surface area contributed by atoms with Gasteiger partial charge < -0.3 is 14.8 Å². The lowest BCUT2D eigenvalue weighted by molar-refractivity contribution is 0.466. The number of aromatic hydroxyl groups is 1. The van der Waals surface area contributed by atoms with E-state index in [1.54, 1.807) is 6.07 Å². The summed E-state index contributed by atoms with van der Waals surface area (Å²) >= 11 is 0. The van der Waals surface area contributed by atoms with Crippen molar-refractivity contribution < 1.29 is 9.52 Å². The number of nitrogens with one attached hydrogen (secondary N) is 2. The van der Waals surface area contributed by atoms with Crippen molar-refractivity contribution in [1.82, 2.24) is 4.98 Å². The maximum absolute atomic E-state index is 11.1. The second-order valence-electron chi connectivity index (χ2n) is 5.16. The van der Waals surface area contributed by atoms with Crippen molar-refractivity contribution in [3.63, 3.8) is 0 Å². The van der Waals surface area contributed by atoms with E-state index in [0.29, 0.717) is 23.4 Å². The fourth-order valence-electron chi connectivity index (χ4n) is 2.41. The summed E-state index contributed by atoms with van der Waals surface area (Å²) in [6.07, 6.45) is 0. The lowest BCUT2D eigenvalue weighted by Gasteiger charge is -2.10. The predicted octanol–water partition coefficient (Wildman–Crippen LogP) is 3.06. The fourth-order valence-corrected chi connectivity index (χ4v) is 2.41. The molecule has 0 saturated heterocycles. The Morgan fingerprint density at radius 1 is 1.19 bits per heavy atom. The molecule has 5 heteroatoms. The summed E-state index contributed by atoms with van der Waals surface area (Å²) in [7, 11) is 0. The third kappa shape index (κ3) is 2.63. The molecule has 1 heterocycles. The SMILES string of the molecule is Cc1cc(CNc2ccc3oc(=O)[nH]c3c2)cc(C)c1O. The Hall–Kier alpha value is -2.69. The Morgan fingerprint density at radius 2 is 1.90 bits per heavy atom. The number of phenolic OH excluding ortho intramolecular Hbond substituents is 1. The molecule has 0 spiro atoms. The Morgan fingerprint density at radius 3 is 2.62 bits per heavy atom. The molecule has 0 atom stereocenters. The van der Waals surface area contributed by atoms with Crippen molar-refractivity contribution in [2.45, 2.75) is 20.4 Å².